The van der Waals surface area contributed by atoms with E-state index in [9.17, 15) is 0 Å². The Balaban J connectivity index is 2.11. The van der Waals surface area contributed by atoms with Gasteiger partial charge < -0.3 is 0 Å². The van der Waals surface area contributed by atoms with E-state index in [1.807, 2.05) is 18.2 Å². The van der Waals surface area contributed by atoms with Crippen LogP contribution in [0, 0.1) is 0 Å². The number of nitrogens with one attached hydrogen (secondary N) is 1. The Morgan fingerprint density at radius 2 is 2.19 bits per heavy atom. The van der Waals surface area contributed by atoms with Gasteiger partial charge in [0.25, 0.3) is 5.95 Å². The molecule has 0 amide bonds. The number of hydrazine groups is 1. The predicted molar refractivity (Wildman–Crippen MR) is 63.6 cm³/mol. The number of nitrogen functional groups attached to an aromatic ring is 1. The van der Waals surface area contributed by atoms with E-state index in [1.165, 1.54) is 0 Å². The molecule has 1 aromatic heterocycles. The summed E-state index contributed by atoms with van der Waals surface area (Å²) in [5, 5.41) is 7.93. The third-order valence-electron chi connectivity index (χ3n) is 2.41. The van der Waals surface area contributed by atoms with Crippen molar-refractivity contribution < 1.29 is 0 Å². The van der Waals surface area contributed by atoms with Gasteiger partial charge in [-0.25, -0.2) is 10.8 Å². The van der Waals surface area contributed by atoms with Crippen molar-refractivity contribution >= 4 is 33.4 Å². The molecule has 7 heteroatoms. The van der Waals surface area contributed by atoms with Crippen LogP contribution in [0.15, 0.2) is 27.7 Å². The molecule has 6 nitrogen and oxygen atoms in total. The molecule has 0 radical (unpaired) electrons. The summed E-state index contributed by atoms with van der Waals surface area (Å²) >= 11 is 3.42. The zero-order valence-corrected chi connectivity index (χ0v) is 9.64. The number of hydrogen-bond acceptors (Lipinski definition) is 6. The van der Waals surface area contributed by atoms with Gasteiger partial charge in [-0.2, -0.15) is 4.98 Å². The molecule has 3 rings (SSSR count). The van der Waals surface area contributed by atoms with Crippen molar-refractivity contribution in [2.75, 3.05) is 5.43 Å². The number of nitrogens with two attached hydrogens (primary N) is 1. The highest BCUT2D eigenvalue weighted by Gasteiger charge is 2.29. The van der Waals surface area contributed by atoms with Crippen molar-refractivity contribution in [2.45, 2.75) is 5.92 Å². The average molecular weight is 279 g/mol. The van der Waals surface area contributed by atoms with E-state index in [-0.39, 0.29) is 11.9 Å². The van der Waals surface area contributed by atoms with E-state index >= 15 is 0 Å². The molecule has 1 aliphatic heterocycles. The van der Waals surface area contributed by atoms with Gasteiger partial charge in [-0.3, -0.25) is 5.43 Å². The standard InChI is InChI=1S/C9H7BrN6/c10-4-1-2-6-5(3-4)7-8(12-6)13-9(14-11)16-15-7/h1-3,5H,11H2,(H,13,14,16). The molecular weight excluding hydrogens is 272 g/mol. The van der Waals surface area contributed by atoms with E-state index < -0.39 is 0 Å². The maximum atomic E-state index is 5.22. The maximum absolute atomic E-state index is 5.22. The Labute approximate surface area is 99.5 Å². The molecule has 2 aliphatic rings. The molecule has 16 heavy (non-hydrogen) atoms. The van der Waals surface area contributed by atoms with E-state index in [0.29, 0.717) is 5.82 Å². The van der Waals surface area contributed by atoms with E-state index in [4.69, 9.17) is 5.84 Å². The molecule has 80 valence electrons. The summed E-state index contributed by atoms with van der Waals surface area (Å²) in [6.07, 6.45) is 5.90. The normalized spacial score (nSPS) is 21.0. The highest BCUT2D eigenvalue weighted by Crippen LogP contribution is 2.37. The number of fused-ring (bicyclic) bond motifs is 3. The molecule has 0 spiro atoms. The summed E-state index contributed by atoms with van der Waals surface area (Å²) in [7, 11) is 0. The number of hydrogen-bond donors (Lipinski definition) is 2. The molecule has 0 fully saturated rings. The molecule has 0 saturated carbocycles. The maximum Gasteiger partial charge on any atom is 0.258 e. The SMILES string of the molecule is NNc1nnc2c(n1)N=C1C=CC(Br)=CC12. The van der Waals surface area contributed by atoms with Gasteiger partial charge in [0.05, 0.1) is 11.6 Å². The third kappa shape index (κ3) is 1.36. The number of aliphatic imine (C=N–C) groups is 1. The number of nitrogens with zero attached hydrogens (tertiary/aromatic N) is 4. The third-order valence-corrected chi connectivity index (χ3v) is 2.94. The van der Waals surface area contributed by atoms with E-state index in [2.05, 4.69) is 41.5 Å². The molecule has 0 aromatic carbocycles. The van der Waals surface area contributed by atoms with Crippen LogP contribution in [0.25, 0.3) is 0 Å². The van der Waals surface area contributed by atoms with Crippen LogP contribution in [-0.2, 0) is 0 Å². The first-order valence-corrected chi connectivity index (χ1v) is 5.42. The minimum atomic E-state index is 0.0428. The summed E-state index contributed by atoms with van der Waals surface area (Å²) in [4.78, 5) is 8.52. The number of halogens is 1. The Morgan fingerprint density at radius 1 is 1.31 bits per heavy atom. The van der Waals surface area contributed by atoms with Gasteiger partial charge in [-0.1, -0.05) is 22.0 Å². The number of allylic oxidation sites excluding steroid dienone is 4. The Hall–Kier alpha value is -1.60. The zero-order chi connectivity index (χ0) is 11.1. The lowest BCUT2D eigenvalue weighted by atomic mass is 9.97. The summed E-state index contributed by atoms with van der Waals surface area (Å²) in [5.74, 6) is 6.11. The largest absolute Gasteiger partial charge is 0.291 e. The van der Waals surface area contributed by atoms with Crippen molar-refractivity contribution in [2.24, 2.45) is 10.8 Å². The van der Waals surface area contributed by atoms with Gasteiger partial charge >= 0.3 is 0 Å². The van der Waals surface area contributed by atoms with Crippen LogP contribution in [0.4, 0.5) is 11.8 Å². The highest BCUT2D eigenvalue weighted by molar-refractivity contribution is 9.11. The second-order valence-electron chi connectivity index (χ2n) is 3.39. The van der Waals surface area contributed by atoms with E-state index in [1.54, 1.807) is 0 Å². The molecule has 2 heterocycles. The first kappa shape index (κ1) is 9.61. The Kier molecular flexibility index (Phi) is 2.08. The second kappa shape index (κ2) is 3.46. The fraction of sp³-hybridized carbons (Fsp3) is 0.111. The van der Waals surface area contributed by atoms with Gasteiger partial charge in [0, 0.05) is 4.48 Å². The lowest BCUT2D eigenvalue weighted by molar-refractivity contribution is 0.895. The topological polar surface area (TPSA) is 89.1 Å². The van der Waals surface area contributed by atoms with Crippen LogP contribution in [0.3, 0.4) is 0 Å². The van der Waals surface area contributed by atoms with Crippen molar-refractivity contribution in [3.63, 3.8) is 0 Å². The molecule has 1 unspecified atom stereocenters. The van der Waals surface area contributed by atoms with Gasteiger partial charge in [-0.05, 0) is 12.2 Å². The lowest BCUT2D eigenvalue weighted by Crippen LogP contribution is -2.13. The zero-order valence-electron chi connectivity index (χ0n) is 8.05. The fourth-order valence-corrected chi connectivity index (χ4v) is 2.08. The fourth-order valence-electron chi connectivity index (χ4n) is 1.69. The second-order valence-corrected chi connectivity index (χ2v) is 4.30. The minimum absolute atomic E-state index is 0.0428. The monoisotopic (exact) mass is 278 g/mol. The van der Waals surface area contributed by atoms with Crippen LogP contribution in [-0.4, -0.2) is 20.9 Å². The van der Waals surface area contributed by atoms with Crippen LogP contribution in [0.1, 0.15) is 11.6 Å². The minimum Gasteiger partial charge on any atom is -0.291 e. The number of aromatic nitrogens is 3. The summed E-state index contributed by atoms with van der Waals surface area (Å²) in [5.41, 5.74) is 4.03. The first-order chi connectivity index (χ1) is 7.78. The Morgan fingerprint density at radius 3 is 3.00 bits per heavy atom. The quantitative estimate of drug-likeness (QED) is 0.595. The van der Waals surface area contributed by atoms with Crippen LogP contribution in [0.2, 0.25) is 0 Å². The predicted octanol–water partition coefficient (Wildman–Crippen LogP) is 1.18. The molecule has 1 atom stereocenters. The molecule has 3 N–H and O–H groups in total. The van der Waals surface area contributed by atoms with Crippen molar-refractivity contribution in [3.8, 4) is 0 Å². The molecule has 1 aliphatic carbocycles. The van der Waals surface area contributed by atoms with Gasteiger partial charge in [0.2, 0.25) is 0 Å². The molecule has 0 saturated heterocycles. The molecular formula is C9H7BrN6. The Bertz CT molecular complexity index is 547. The first-order valence-electron chi connectivity index (χ1n) is 4.63. The number of rotatable bonds is 1. The van der Waals surface area contributed by atoms with Crippen LogP contribution < -0.4 is 11.3 Å². The van der Waals surface area contributed by atoms with Gasteiger partial charge in [-0.15, -0.1) is 10.2 Å². The van der Waals surface area contributed by atoms with Crippen molar-refractivity contribution in [3.05, 3.63) is 28.4 Å². The van der Waals surface area contributed by atoms with Crippen molar-refractivity contribution in [1.82, 2.24) is 15.2 Å². The summed E-state index contributed by atoms with van der Waals surface area (Å²) < 4.78 is 1.01. The smallest absolute Gasteiger partial charge is 0.258 e. The average Bonchev–Trinajstić information content (AvgIpc) is 2.66. The van der Waals surface area contributed by atoms with Gasteiger partial charge in [0.1, 0.15) is 5.69 Å². The molecule has 1 aromatic rings. The molecule has 0 bridgehead atoms. The van der Waals surface area contributed by atoms with E-state index in [0.717, 1.165) is 15.9 Å². The number of anilines is 1. The van der Waals surface area contributed by atoms with Crippen LogP contribution in [0.5, 0.6) is 0 Å². The summed E-state index contributed by atoms with van der Waals surface area (Å²) in [6.45, 7) is 0. The van der Waals surface area contributed by atoms with Crippen LogP contribution >= 0.6 is 15.9 Å². The van der Waals surface area contributed by atoms with Gasteiger partial charge in [0.15, 0.2) is 5.82 Å². The highest BCUT2D eigenvalue weighted by atomic mass is 79.9. The lowest BCUT2D eigenvalue weighted by Gasteiger charge is -2.09. The van der Waals surface area contributed by atoms with Crippen molar-refractivity contribution in [1.29, 1.82) is 0 Å². The summed E-state index contributed by atoms with van der Waals surface area (Å²) in [6, 6.07) is 0.